The molecule has 3 aromatic rings. The Labute approximate surface area is 150 Å². The average molecular weight is 357 g/mol. The van der Waals surface area contributed by atoms with E-state index in [1.54, 1.807) is 13.2 Å². The maximum atomic E-state index is 11.7. The zero-order chi connectivity index (χ0) is 17.8. The van der Waals surface area contributed by atoms with Gasteiger partial charge < -0.3 is 14.8 Å². The molecule has 0 aliphatic carbocycles. The minimum absolute atomic E-state index is 0.00112. The summed E-state index contributed by atoms with van der Waals surface area (Å²) in [5.41, 5.74) is 3.09. The first-order valence-corrected chi connectivity index (χ1v) is 8.02. The number of halogens is 1. The minimum atomic E-state index is -0.218. The van der Waals surface area contributed by atoms with Gasteiger partial charge >= 0.3 is 0 Å². The van der Waals surface area contributed by atoms with Crippen LogP contribution in [0, 0.1) is 0 Å². The van der Waals surface area contributed by atoms with Crippen LogP contribution >= 0.6 is 11.6 Å². The van der Waals surface area contributed by atoms with Gasteiger partial charge in [0.1, 0.15) is 12.4 Å². The van der Waals surface area contributed by atoms with Crippen LogP contribution in [0.25, 0.3) is 22.2 Å². The smallest absolute Gasteiger partial charge is 0.250 e. The minimum Gasteiger partial charge on any atom is -0.496 e. The van der Waals surface area contributed by atoms with Crippen molar-refractivity contribution in [3.05, 3.63) is 53.6 Å². The first-order chi connectivity index (χ1) is 12.1. The second-order valence-electron chi connectivity index (χ2n) is 5.43. The van der Waals surface area contributed by atoms with Gasteiger partial charge in [-0.05, 0) is 30.3 Å². The Kier molecular flexibility index (Phi) is 5.16. The molecule has 1 N–H and O–H groups in total. The number of nitrogens with one attached hydrogen (secondary N) is 1. The molecule has 25 heavy (non-hydrogen) atoms. The molecule has 128 valence electrons. The van der Waals surface area contributed by atoms with E-state index in [9.17, 15) is 4.79 Å². The Morgan fingerprint density at radius 3 is 2.72 bits per heavy atom. The van der Waals surface area contributed by atoms with Crippen LogP contribution in [0.3, 0.4) is 0 Å². The number of amides is 1. The summed E-state index contributed by atoms with van der Waals surface area (Å²) in [7, 11) is 3.08. The Balaban J connectivity index is 2.04. The van der Waals surface area contributed by atoms with Gasteiger partial charge in [-0.15, -0.1) is 0 Å². The Bertz CT molecular complexity index is 928. The van der Waals surface area contributed by atoms with Gasteiger partial charge in [0.2, 0.25) is 5.91 Å². The molecule has 0 aliphatic heterocycles. The maximum absolute atomic E-state index is 11.7. The summed E-state index contributed by atoms with van der Waals surface area (Å²) in [5, 5.41) is 4.23. The van der Waals surface area contributed by atoms with Gasteiger partial charge in [-0.2, -0.15) is 0 Å². The SMILES string of the molecule is COCC(=O)Nc1ccc2nc(-c3cccc(Cl)c3)cc(OC)c2c1. The summed E-state index contributed by atoms with van der Waals surface area (Å²) >= 11 is 6.07. The number of nitrogens with zero attached hydrogens (tertiary/aromatic N) is 1. The van der Waals surface area contributed by atoms with Crippen LogP contribution in [-0.4, -0.2) is 31.7 Å². The number of carbonyl (C=O) groups is 1. The standard InChI is InChI=1S/C19H17ClN2O3/c1-24-11-19(23)21-14-6-7-16-15(9-14)18(25-2)10-17(22-16)12-4-3-5-13(20)8-12/h3-10H,11H2,1-2H3,(H,21,23). The molecule has 0 bridgehead atoms. The van der Waals surface area contributed by atoms with E-state index < -0.39 is 0 Å². The lowest BCUT2D eigenvalue weighted by molar-refractivity contribution is -0.119. The second kappa shape index (κ2) is 7.51. The normalized spacial score (nSPS) is 10.7. The van der Waals surface area contributed by atoms with Gasteiger partial charge in [0.25, 0.3) is 0 Å². The molecule has 2 aromatic carbocycles. The van der Waals surface area contributed by atoms with Gasteiger partial charge in [-0.25, -0.2) is 4.98 Å². The van der Waals surface area contributed by atoms with Crippen LogP contribution in [0.15, 0.2) is 48.5 Å². The highest BCUT2D eigenvalue weighted by Gasteiger charge is 2.10. The third-order valence-corrected chi connectivity index (χ3v) is 3.91. The summed E-state index contributed by atoms with van der Waals surface area (Å²) in [6.07, 6.45) is 0. The second-order valence-corrected chi connectivity index (χ2v) is 5.87. The molecule has 0 atom stereocenters. The number of pyridine rings is 1. The Morgan fingerprint density at radius 2 is 2.00 bits per heavy atom. The fraction of sp³-hybridized carbons (Fsp3) is 0.158. The topological polar surface area (TPSA) is 60.5 Å². The molecule has 0 spiro atoms. The first kappa shape index (κ1) is 17.2. The predicted octanol–water partition coefficient (Wildman–Crippen LogP) is 4.15. The fourth-order valence-corrected chi connectivity index (χ4v) is 2.76. The van der Waals surface area contributed by atoms with Gasteiger partial charge in [0.05, 0.1) is 18.3 Å². The highest BCUT2D eigenvalue weighted by Crippen LogP contribution is 2.32. The zero-order valence-corrected chi connectivity index (χ0v) is 14.6. The van der Waals surface area contributed by atoms with E-state index in [1.165, 1.54) is 7.11 Å². The number of benzene rings is 2. The molecule has 0 saturated heterocycles. The van der Waals surface area contributed by atoms with Crippen molar-refractivity contribution < 1.29 is 14.3 Å². The number of ether oxygens (including phenoxy) is 2. The van der Waals surface area contributed by atoms with Crippen LogP contribution in [0.5, 0.6) is 5.75 Å². The molecular weight excluding hydrogens is 340 g/mol. The summed E-state index contributed by atoms with van der Waals surface area (Å²) in [4.78, 5) is 16.4. The van der Waals surface area contributed by atoms with E-state index in [4.69, 9.17) is 21.1 Å². The quantitative estimate of drug-likeness (QED) is 0.746. The van der Waals surface area contributed by atoms with Crippen molar-refractivity contribution in [2.24, 2.45) is 0 Å². The lowest BCUT2D eigenvalue weighted by Gasteiger charge is -2.11. The van der Waals surface area contributed by atoms with Crippen molar-refractivity contribution in [2.45, 2.75) is 0 Å². The number of anilines is 1. The van der Waals surface area contributed by atoms with E-state index in [0.717, 1.165) is 22.2 Å². The largest absolute Gasteiger partial charge is 0.496 e. The molecule has 0 radical (unpaired) electrons. The Hall–Kier alpha value is -2.63. The molecular formula is C19H17ClN2O3. The van der Waals surface area contributed by atoms with Crippen molar-refractivity contribution in [3.63, 3.8) is 0 Å². The molecule has 1 amide bonds. The molecule has 5 nitrogen and oxygen atoms in total. The van der Waals surface area contributed by atoms with E-state index in [0.29, 0.717) is 16.5 Å². The number of carbonyl (C=O) groups excluding carboxylic acids is 1. The summed E-state index contributed by atoms with van der Waals surface area (Å²) in [5.74, 6) is 0.451. The highest BCUT2D eigenvalue weighted by atomic mass is 35.5. The lowest BCUT2D eigenvalue weighted by Crippen LogP contribution is -2.16. The highest BCUT2D eigenvalue weighted by molar-refractivity contribution is 6.30. The van der Waals surface area contributed by atoms with Crippen LogP contribution in [-0.2, 0) is 9.53 Å². The van der Waals surface area contributed by atoms with Crippen LogP contribution in [0.4, 0.5) is 5.69 Å². The van der Waals surface area contributed by atoms with E-state index in [-0.39, 0.29) is 12.5 Å². The molecule has 0 saturated carbocycles. The van der Waals surface area contributed by atoms with Gasteiger partial charge in [0, 0.05) is 34.8 Å². The third-order valence-electron chi connectivity index (χ3n) is 3.67. The zero-order valence-electron chi connectivity index (χ0n) is 13.9. The third kappa shape index (κ3) is 3.90. The molecule has 3 rings (SSSR count). The predicted molar refractivity (Wildman–Crippen MR) is 99.2 cm³/mol. The van der Waals surface area contributed by atoms with Gasteiger partial charge in [0.15, 0.2) is 0 Å². The van der Waals surface area contributed by atoms with Gasteiger partial charge in [-0.1, -0.05) is 23.7 Å². The number of aromatic nitrogens is 1. The van der Waals surface area contributed by atoms with Crippen LogP contribution in [0.1, 0.15) is 0 Å². The first-order valence-electron chi connectivity index (χ1n) is 7.64. The number of fused-ring (bicyclic) bond motifs is 1. The maximum Gasteiger partial charge on any atom is 0.250 e. The molecule has 0 unspecified atom stereocenters. The summed E-state index contributed by atoms with van der Waals surface area (Å²) < 4.78 is 10.3. The molecule has 0 aliphatic rings. The van der Waals surface area contributed by atoms with Crippen molar-refractivity contribution in [1.29, 1.82) is 0 Å². The van der Waals surface area contributed by atoms with Gasteiger partial charge in [-0.3, -0.25) is 4.79 Å². The monoisotopic (exact) mass is 356 g/mol. The van der Waals surface area contributed by atoms with E-state index >= 15 is 0 Å². The van der Waals surface area contributed by atoms with Crippen molar-refractivity contribution in [2.75, 3.05) is 26.1 Å². The van der Waals surface area contributed by atoms with E-state index in [2.05, 4.69) is 10.3 Å². The average Bonchev–Trinajstić information content (AvgIpc) is 2.61. The molecule has 1 aromatic heterocycles. The fourth-order valence-electron chi connectivity index (χ4n) is 2.57. The number of hydrogen-bond donors (Lipinski definition) is 1. The van der Waals surface area contributed by atoms with Crippen LogP contribution in [0.2, 0.25) is 5.02 Å². The number of hydrogen-bond acceptors (Lipinski definition) is 4. The number of methoxy groups -OCH3 is 2. The molecule has 0 fully saturated rings. The number of rotatable bonds is 5. The Morgan fingerprint density at radius 1 is 1.16 bits per heavy atom. The molecule has 6 heteroatoms. The summed E-state index contributed by atoms with van der Waals surface area (Å²) in [6, 6.07) is 14.8. The van der Waals surface area contributed by atoms with Crippen LogP contribution < -0.4 is 10.1 Å². The van der Waals surface area contributed by atoms with Crippen molar-refractivity contribution in [1.82, 2.24) is 4.98 Å². The lowest BCUT2D eigenvalue weighted by atomic mass is 10.1. The molecule has 1 heterocycles. The van der Waals surface area contributed by atoms with Crippen molar-refractivity contribution in [3.8, 4) is 17.0 Å². The van der Waals surface area contributed by atoms with Crippen molar-refractivity contribution >= 4 is 34.1 Å². The summed E-state index contributed by atoms with van der Waals surface area (Å²) in [6.45, 7) is 0.00112. The van der Waals surface area contributed by atoms with E-state index in [1.807, 2.05) is 42.5 Å².